The van der Waals surface area contributed by atoms with E-state index in [9.17, 15) is 8.42 Å². The zero-order valence-electron chi connectivity index (χ0n) is 12.7. The number of sulfone groups is 1. The standard InChI is InChI=1S/C17H21NO3S/c1-21-17-5-4-15-8-13(2-3-16(15)9-17)10-18-11-14-6-7-22(19,20)12-14/h2-5,8-9,14,18H,6-7,10-12H2,1H3/t14-/m0/s1. The third kappa shape index (κ3) is 3.59. The summed E-state index contributed by atoms with van der Waals surface area (Å²) < 4.78 is 28.1. The molecule has 5 heteroatoms. The summed E-state index contributed by atoms with van der Waals surface area (Å²) in [5.41, 5.74) is 1.21. The lowest BCUT2D eigenvalue weighted by molar-refractivity contribution is 0.415. The van der Waals surface area contributed by atoms with Crippen LogP contribution in [0.15, 0.2) is 36.4 Å². The Morgan fingerprint density at radius 3 is 2.68 bits per heavy atom. The lowest BCUT2D eigenvalue weighted by Crippen LogP contribution is -2.23. The van der Waals surface area contributed by atoms with Crippen LogP contribution in [-0.4, -0.2) is 33.6 Å². The molecular weight excluding hydrogens is 298 g/mol. The first kappa shape index (κ1) is 15.3. The highest BCUT2D eigenvalue weighted by molar-refractivity contribution is 7.91. The van der Waals surface area contributed by atoms with Crippen LogP contribution in [0.4, 0.5) is 0 Å². The van der Waals surface area contributed by atoms with Gasteiger partial charge in [-0.3, -0.25) is 0 Å². The molecular formula is C17H21NO3S. The van der Waals surface area contributed by atoms with Crippen LogP contribution in [0, 0.1) is 5.92 Å². The van der Waals surface area contributed by atoms with E-state index < -0.39 is 9.84 Å². The van der Waals surface area contributed by atoms with Gasteiger partial charge in [0.05, 0.1) is 18.6 Å². The van der Waals surface area contributed by atoms with Crippen LogP contribution < -0.4 is 10.1 Å². The lowest BCUT2D eigenvalue weighted by atomic mass is 10.1. The summed E-state index contributed by atoms with van der Waals surface area (Å²) in [6.07, 6.45) is 0.785. The molecule has 2 aromatic rings. The van der Waals surface area contributed by atoms with Crippen molar-refractivity contribution in [1.82, 2.24) is 5.32 Å². The van der Waals surface area contributed by atoms with Gasteiger partial charge < -0.3 is 10.1 Å². The first-order valence-electron chi connectivity index (χ1n) is 7.53. The molecule has 1 fully saturated rings. The molecule has 118 valence electrons. The number of ether oxygens (including phenoxy) is 1. The predicted octanol–water partition coefficient (Wildman–Crippen LogP) is 2.37. The van der Waals surface area contributed by atoms with E-state index in [1.54, 1.807) is 7.11 Å². The Bertz CT molecular complexity index is 771. The van der Waals surface area contributed by atoms with Crippen molar-refractivity contribution in [3.8, 4) is 5.75 Å². The second-order valence-electron chi connectivity index (χ2n) is 5.95. The zero-order valence-corrected chi connectivity index (χ0v) is 13.5. The molecule has 1 atom stereocenters. The zero-order chi connectivity index (χ0) is 15.6. The second kappa shape index (κ2) is 6.26. The Morgan fingerprint density at radius 2 is 1.95 bits per heavy atom. The fourth-order valence-electron chi connectivity index (χ4n) is 2.96. The van der Waals surface area contributed by atoms with Gasteiger partial charge in [0.25, 0.3) is 0 Å². The van der Waals surface area contributed by atoms with Crippen molar-refractivity contribution < 1.29 is 13.2 Å². The van der Waals surface area contributed by atoms with Crippen LogP contribution in [-0.2, 0) is 16.4 Å². The molecule has 1 N–H and O–H groups in total. The van der Waals surface area contributed by atoms with E-state index in [0.29, 0.717) is 11.5 Å². The molecule has 1 saturated heterocycles. The minimum absolute atomic E-state index is 0.259. The van der Waals surface area contributed by atoms with Gasteiger partial charge >= 0.3 is 0 Å². The highest BCUT2D eigenvalue weighted by Crippen LogP contribution is 2.22. The third-order valence-corrected chi connectivity index (χ3v) is 6.04. The summed E-state index contributed by atoms with van der Waals surface area (Å²) in [6.45, 7) is 1.53. The summed E-state index contributed by atoms with van der Waals surface area (Å²) in [7, 11) is -1.11. The summed E-state index contributed by atoms with van der Waals surface area (Å²) in [5.74, 6) is 1.80. The molecule has 0 radical (unpaired) electrons. The number of hydrogen-bond donors (Lipinski definition) is 1. The van der Waals surface area contributed by atoms with Crippen LogP contribution in [0.3, 0.4) is 0 Å². The maximum absolute atomic E-state index is 11.4. The molecule has 1 aliphatic heterocycles. The van der Waals surface area contributed by atoms with E-state index >= 15 is 0 Å². The average Bonchev–Trinajstić information content (AvgIpc) is 2.86. The maximum Gasteiger partial charge on any atom is 0.150 e. The molecule has 0 aromatic heterocycles. The minimum Gasteiger partial charge on any atom is -0.497 e. The van der Waals surface area contributed by atoms with E-state index in [2.05, 4.69) is 29.6 Å². The van der Waals surface area contributed by atoms with E-state index in [4.69, 9.17) is 4.74 Å². The highest BCUT2D eigenvalue weighted by Gasteiger charge is 2.27. The van der Waals surface area contributed by atoms with Crippen molar-refractivity contribution in [1.29, 1.82) is 0 Å². The summed E-state index contributed by atoms with van der Waals surface area (Å²) >= 11 is 0. The fraction of sp³-hybridized carbons (Fsp3) is 0.412. The molecule has 0 amide bonds. The van der Waals surface area contributed by atoms with Gasteiger partial charge in [-0.1, -0.05) is 18.2 Å². The molecule has 0 aliphatic carbocycles. The SMILES string of the molecule is COc1ccc2cc(CNC[C@@H]3CCS(=O)(=O)C3)ccc2c1. The van der Waals surface area contributed by atoms with Crippen LogP contribution >= 0.6 is 0 Å². The van der Waals surface area contributed by atoms with Crippen molar-refractivity contribution in [2.75, 3.05) is 25.2 Å². The third-order valence-electron chi connectivity index (χ3n) is 4.20. The molecule has 22 heavy (non-hydrogen) atoms. The van der Waals surface area contributed by atoms with E-state index in [0.717, 1.165) is 30.6 Å². The van der Waals surface area contributed by atoms with Gasteiger partial charge in [-0.15, -0.1) is 0 Å². The van der Waals surface area contributed by atoms with E-state index in [1.807, 2.05) is 12.1 Å². The Kier molecular flexibility index (Phi) is 4.36. The number of methoxy groups -OCH3 is 1. The molecule has 1 aliphatic rings. The van der Waals surface area contributed by atoms with Crippen molar-refractivity contribution in [3.63, 3.8) is 0 Å². The Labute approximate surface area is 131 Å². The van der Waals surface area contributed by atoms with Crippen LogP contribution in [0.5, 0.6) is 5.75 Å². The second-order valence-corrected chi connectivity index (χ2v) is 8.18. The van der Waals surface area contributed by atoms with Crippen molar-refractivity contribution in [3.05, 3.63) is 42.0 Å². The van der Waals surface area contributed by atoms with Crippen LogP contribution in [0.25, 0.3) is 10.8 Å². The molecule has 0 unspecified atom stereocenters. The molecule has 2 aromatic carbocycles. The predicted molar refractivity (Wildman–Crippen MR) is 89.0 cm³/mol. The average molecular weight is 319 g/mol. The van der Waals surface area contributed by atoms with Gasteiger partial charge in [0.1, 0.15) is 5.75 Å². The first-order valence-corrected chi connectivity index (χ1v) is 9.36. The normalized spacial score (nSPS) is 20.3. The van der Waals surface area contributed by atoms with Gasteiger partial charge in [-0.2, -0.15) is 0 Å². The topological polar surface area (TPSA) is 55.4 Å². The molecule has 0 bridgehead atoms. The monoisotopic (exact) mass is 319 g/mol. The summed E-state index contributed by atoms with van der Waals surface area (Å²) in [5, 5.41) is 5.72. The van der Waals surface area contributed by atoms with Crippen LogP contribution in [0.1, 0.15) is 12.0 Å². The number of hydrogen-bond acceptors (Lipinski definition) is 4. The fourth-order valence-corrected chi connectivity index (χ4v) is 4.83. The molecule has 0 saturated carbocycles. The van der Waals surface area contributed by atoms with Crippen LogP contribution in [0.2, 0.25) is 0 Å². The summed E-state index contributed by atoms with van der Waals surface area (Å²) in [6, 6.07) is 12.4. The Hall–Kier alpha value is -1.59. The van der Waals surface area contributed by atoms with Gasteiger partial charge in [-0.05, 0) is 53.4 Å². The number of rotatable bonds is 5. The van der Waals surface area contributed by atoms with Gasteiger partial charge in [-0.25, -0.2) is 8.42 Å². The molecule has 4 nitrogen and oxygen atoms in total. The Morgan fingerprint density at radius 1 is 1.18 bits per heavy atom. The van der Waals surface area contributed by atoms with Gasteiger partial charge in [0.15, 0.2) is 9.84 Å². The molecule has 0 spiro atoms. The number of benzene rings is 2. The smallest absolute Gasteiger partial charge is 0.150 e. The van der Waals surface area contributed by atoms with E-state index in [1.165, 1.54) is 10.9 Å². The summed E-state index contributed by atoms with van der Waals surface area (Å²) in [4.78, 5) is 0. The van der Waals surface area contributed by atoms with Gasteiger partial charge in [0, 0.05) is 6.54 Å². The van der Waals surface area contributed by atoms with E-state index in [-0.39, 0.29) is 5.92 Å². The Balaban J connectivity index is 1.60. The van der Waals surface area contributed by atoms with Crippen molar-refractivity contribution >= 4 is 20.6 Å². The highest BCUT2D eigenvalue weighted by atomic mass is 32.2. The number of nitrogens with one attached hydrogen (secondary N) is 1. The largest absolute Gasteiger partial charge is 0.497 e. The lowest BCUT2D eigenvalue weighted by Gasteiger charge is -2.10. The molecule has 3 rings (SSSR count). The minimum atomic E-state index is -2.78. The van der Waals surface area contributed by atoms with Gasteiger partial charge in [0.2, 0.25) is 0 Å². The van der Waals surface area contributed by atoms with Crippen molar-refractivity contribution in [2.45, 2.75) is 13.0 Å². The van der Waals surface area contributed by atoms with Crippen molar-refractivity contribution in [2.24, 2.45) is 5.92 Å². The first-order chi connectivity index (χ1) is 10.6. The molecule has 1 heterocycles. The number of fused-ring (bicyclic) bond motifs is 1. The maximum atomic E-state index is 11.4. The quantitative estimate of drug-likeness (QED) is 0.919.